The van der Waals surface area contributed by atoms with Crippen molar-refractivity contribution in [2.75, 3.05) is 5.75 Å². The van der Waals surface area contributed by atoms with Gasteiger partial charge in [-0.2, -0.15) is 4.31 Å². The van der Waals surface area contributed by atoms with Gasteiger partial charge in [0, 0.05) is 23.7 Å². The Balaban J connectivity index is 1.84. The van der Waals surface area contributed by atoms with Gasteiger partial charge >= 0.3 is 0 Å². The fourth-order valence-corrected chi connectivity index (χ4v) is 4.68. The summed E-state index contributed by atoms with van der Waals surface area (Å²) in [5.41, 5.74) is 6.91. The van der Waals surface area contributed by atoms with Crippen molar-refractivity contribution in [1.29, 1.82) is 0 Å². The van der Waals surface area contributed by atoms with Crippen LogP contribution in [-0.4, -0.2) is 24.5 Å². The highest BCUT2D eigenvalue weighted by molar-refractivity contribution is 7.89. The van der Waals surface area contributed by atoms with Gasteiger partial charge in [0.2, 0.25) is 10.0 Å². The Morgan fingerprint density at radius 1 is 1.43 bits per heavy atom. The molecule has 6 heteroatoms. The average molecular weight is 312 g/mol. The maximum Gasteiger partial charge on any atom is 0.214 e. The maximum absolute atomic E-state index is 14.3. The van der Waals surface area contributed by atoms with E-state index in [0.717, 1.165) is 24.8 Å². The second-order valence-electron chi connectivity index (χ2n) is 6.31. The minimum atomic E-state index is -3.27. The molecule has 1 aromatic carbocycles. The van der Waals surface area contributed by atoms with Crippen LogP contribution in [-0.2, 0) is 22.1 Å². The number of hydrogen-bond acceptors (Lipinski definition) is 3. The van der Waals surface area contributed by atoms with Crippen LogP contribution in [0, 0.1) is 5.82 Å². The molecular weight excluding hydrogens is 291 g/mol. The Morgan fingerprint density at radius 2 is 2.14 bits per heavy atom. The molecule has 0 amide bonds. The van der Waals surface area contributed by atoms with E-state index in [4.69, 9.17) is 5.73 Å². The zero-order chi connectivity index (χ0) is 15.3. The average Bonchev–Trinajstić information content (AvgIpc) is 3.14. The van der Waals surface area contributed by atoms with Crippen LogP contribution >= 0.6 is 0 Å². The number of benzene rings is 1. The van der Waals surface area contributed by atoms with Crippen LogP contribution in [0.15, 0.2) is 18.2 Å². The molecule has 1 heterocycles. The molecule has 0 radical (unpaired) electrons. The summed E-state index contributed by atoms with van der Waals surface area (Å²) < 4.78 is 39.9. The predicted molar refractivity (Wildman–Crippen MR) is 79.5 cm³/mol. The number of nitrogens with two attached hydrogens (primary N) is 1. The highest BCUT2D eigenvalue weighted by atomic mass is 32.2. The standard InChI is InChI=1S/C15H21FN2O2S/c1-11-3-2-8-21(19,20)18(11)10-12-4-5-13(9-14(12)16)15(17)6-7-15/h4-5,9,11H,2-3,6-8,10,17H2,1H3/t11-/m0/s1. The van der Waals surface area contributed by atoms with Crippen molar-refractivity contribution >= 4 is 10.0 Å². The third kappa shape index (κ3) is 2.84. The Kier molecular flexibility index (Phi) is 3.58. The molecule has 0 aromatic heterocycles. The topological polar surface area (TPSA) is 63.4 Å². The van der Waals surface area contributed by atoms with Crippen molar-refractivity contribution in [3.63, 3.8) is 0 Å². The normalized spacial score (nSPS) is 27.5. The van der Waals surface area contributed by atoms with Crippen LogP contribution in [0.3, 0.4) is 0 Å². The zero-order valence-electron chi connectivity index (χ0n) is 12.2. The Bertz CT molecular complexity index is 656. The first-order valence-corrected chi connectivity index (χ1v) is 9.00. The lowest BCUT2D eigenvalue weighted by Gasteiger charge is -2.32. The van der Waals surface area contributed by atoms with Crippen molar-refractivity contribution in [2.45, 2.75) is 50.7 Å². The van der Waals surface area contributed by atoms with Crippen LogP contribution in [0.1, 0.15) is 43.7 Å². The van der Waals surface area contributed by atoms with Crippen molar-refractivity contribution in [3.05, 3.63) is 35.1 Å². The quantitative estimate of drug-likeness (QED) is 0.929. The first-order chi connectivity index (χ1) is 9.82. The lowest BCUT2D eigenvalue weighted by Crippen LogP contribution is -2.43. The number of nitrogens with zero attached hydrogens (tertiary/aromatic N) is 1. The molecular formula is C15H21FN2O2S. The summed E-state index contributed by atoms with van der Waals surface area (Å²) in [6.45, 7) is 1.98. The first-order valence-electron chi connectivity index (χ1n) is 7.39. The van der Waals surface area contributed by atoms with Gasteiger partial charge in [0.1, 0.15) is 5.82 Å². The van der Waals surface area contributed by atoms with E-state index in [1.165, 1.54) is 10.4 Å². The molecule has 2 aliphatic rings. The van der Waals surface area contributed by atoms with Crippen molar-refractivity contribution in [3.8, 4) is 0 Å². The highest BCUT2D eigenvalue weighted by Crippen LogP contribution is 2.43. The van der Waals surface area contributed by atoms with Gasteiger partial charge in [0.25, 0.3) is 0 Å². The number of sulfonamides is 1. The molecule has 2 fully saturated rings. The molecule has 21 heavy (non-hydrogen) atoms. The lowest BCUT2D eigenvalue weighted by molar-refractivity contribution is 0.293. The molecule has 2 N–H and O–H groups in total. The van der Waals surface area contributed by atoms with Gasteiger partial charge in [-0.15, -0.1) is 0 Å². The van der Waals surface area contributed by atoms with Gasteiger partial charge in [0.15, 0.2) is 0 Å². The molecule has 4 nitrogen and oxygen atoms in total. The molecule has 1 atom stereocenters. The van der Waals surface area contributed by atoms with Gasteiger partial charge in [0.05, 0.1) is 5.75 Å². The maximum atomic E-state index is 14.3. The van der Waals surface area contributed by atoms with Crippen molar-refractivity contribution in [1.82, 2.24) is 4.31 Å². The van der Waals surface area contributed by atoms with E-state index in [1.807, 2.05) is 13.0 Å². The van der Waals surface area contributed by atoms with E-state index in [-0.39, 0.29) is 29.7 Å². The summed E-state index contributed by atoms with van der Waals surface area (Å²) in [5.74, 6) is -0.208. The highest BCUT2D eigenvalue weighted by Gasteiger charge is 2.40. The number of rotatable bonds is 3. The Labute approximate surface area is 125 Å². The molecule has 0 bridgehead atoms. The Morgan fingerprint density at radius 3 is 2.71 bits per heavy atom. The summed E-state index contributed by atoms with van der Waals surface area (Å²) >= 11 is 0. The monoisotopic (exact) mass is 312 g/mol. The molecule has 1 saturated carbocycles. The molecule has 3 rings (SSSR count). The largest absolute Gasteiger partial charge is 0.321 e. The molecule has 116 valence electrons. The lowest BCUT2D eigenvalue weighted by atomic mass is 10.0. The minimum absolute atomic E-state index is 0.0768. The predicted octanol–water partition coefficient (Wildman–Crippen LogP) is 2.09. The first kappa shape index (κ1) is 14.9. The smallest absolute Gasteiger partial charge is 0.214 e. The van der Waals surface area contributed by atoms with Crippen LogP contribution in [0.5, 0.6) is 0 Å². The SMILES string of the molecule is C[C@H]1CCCS(=O)(=O)N1Cc1ccc(C2(N)CC2)cc1F. The van der Waals surface area contributed by atoms with Crippen LogP contribution in [0.25, 0.3) is 0 Å². The molecule has 0 unspecified atom stereocenters. The van der Waals surface area contributed by atoms with Gasteiger partial charge in [-0.1, -0.05) is 12.1 Å². The van der Waals surface area contributed by atoms with E-state index >= 15 is 0 Å². The van der Waals surface area contributed by atoms with Crippen molar-refractivity contribution in [2.24, 2.45) is 5.73 Å². The Hall–Kier alpha value is -0.980. The fraction of sp³-hybridized carbons (Fsp3) is 0.600. The van der Waals surface area contributed by atoms with Crippen molar-refractivity contribution < 1.29 is 12.8 Å². The summed E-state index contributed by atoms with van der Waals surface area (Å²) in [4.78, 5) is 0. The second kappa shape index (κ2) is 5.04. The van der Waals surface area contributed by atoms with Gasteiger partial charge in [-0.05, 0) is 44.2 Å². The molecule has 1 aliphatic heterocycles. The van der Waals surface area contributed by atoms with Crippen LogP contribution in [0.2, 0.25) is 0 Å². The van der Waals surface area contributed by atoms with E-state index in [1.54, 1.807) is 6.07 Å². The second-order valence-corrected chi connectivity index (χ2v) is 8.36. The van der Waals surface area contributed by atoms with E-state index in [2.05, 4.69) is 0 Å². The fourth-order valence-electron chi connectivity index (χ4n) is 2.93. The van der Waals surface area contributed by atoms with E-state index < -0.39 is 10.0 Å². The van der Waals surface area contributed by atoms with Crippen LogP contribution < -0.4 is 5.73 Å². The summed E-state index contributed by atoms with van der Waals surface area (Å²) in [6.07, 6.45) is 3.26. The zero-order valence-corrected chi connectivity index (χ0v) is 13.0. The van der Waals surface area contributed by atoms with Crippen LogP contribution in [0.4, 0.5) is 4.39 Å². The molecule has 1 saturated heterocycles. The van der Waals surface area contributed by atoms with Gasteiger partial charge in [-0.25, -0.2) is 12.8 Å². The third-order valence-electron chi connectivity index (χ3n) is 4.62. The van der Waals surface area contributed by atoms with E-state index in [9.17, 15) is 12.8 Å². The number of hydrogen-bond donors (Lipinski definition) is 1. The third-order valence-corrected chi connectivity index (χ3v) is 6.62. The minimum Gasteiger partial charge on any atom is -0.321 e. The summed E-state index contributed by atoms with van der Waals surface area (Å²) in [6, 6.07) is 4.89. The number of halogens is 1. The van der Waals surface area contributed by atoms with Gasteiger partial charge in [-0.3, -0.25) is 0 Å². The van der Waals surface area contributed by atoms with Gasteiger partial charge < -0.3 is 5.73 Å². The summed E-state index contributed by atoms with van der Waals surface area (Å²) in [5, 5.41) is 0. The molecule has 1 aliphatic carbocycles. The molecule has 0 spiro atoms. The molecule has 1 aromatic rings. The summed E-state index contributed by atoms with van der Waals surface area (Å²) in [7, 11) is -3.27. The van der Waals surface area contributed by atoms with E-state index in [0.29, 0.717) is 12.0 Å².